The van der Waals surface area contributed by atoms with Crippen LogP contribution in [0.5, 0.6) is 23.0 Å². The van der Waals surface area contributed by atoms with Gasteiger partial charge in [0, 0.05) is 12.1 Å². The van der Waals surface area contributed by atoms with Gasteiger partial charge in [0.15, 0.2) is 0 Å². The number of carbonyl (C=O) groups is 2. The molecule has 6 heterocycles. The number of anilines is 4. The highest BCUT2D eigenvalue weighted by atomic mass is 35.5. The van der Waals surface area contributed by atoms with Crippen molar-refractivity contribution in [3.63, 3.8) is 0 Å². The van der Waals surface area contributed by atoms with Crippen molar-refractivity contribution in [1.29, 1.82) is 0 Å². The minimum atomic E-state index is -0.495. The Morgan fingerprint density at radius 1 is 0.484 bits per heavy atom. The number of nitrogens with two attached hydrogens (primary N) is 2. The molecular weight excluding hydrogens is 1400 g/mol. The number of rotatable bonds is 18. The third kappa shape index (κ3) is 27.2. The fourth-order valence-electron chi connectivity index (χ4n) is 7.42. The highest BCUT2D eigenvalue weighted by molar-refractivity contribution is 6.34. The predicted molar refractivity (Wildman–Crippen MR) is 363 cm³/mol. The van der Waals surface area contributed by atoms with Gasteiger partial charge < -0.3 is 51.3 Å². The summed E-state index contributed by atoms with van der Waals surface area (Å²) in [5.74, 6) is 4.05. The summed E-state index contributed by atoms with van der Waals surface area (Å²) in [7, 11) is 0. The molecule has 4 aromatic carbocycles. The first kappa shape index (κ1) is 78.6. The number of aliphatic hydroxyl groups excluding tert-OH is 2. The fourth-order valence-corrected chi connectivity index (χ4v) is 8.90. The van der Waals surface area contributed by atoms with Crippen LogP contribution in [-0.2, 0) is 9.47 Å². The fraction of sp³-hybridized carbons (Fsp3) is 0.345. The number of benzene rings is 4. The van der Waals surface area contributed by atoms with Crippen molar-refractivity contribution >= 4 is 141 Å². The molecule has 2 aliphatic heterocycles. The molecule has 26 nitrogen and oxygen atoms in total. The Morgan fingerprint density at radius 3 is 1.17 bits per heavy atom. The van der Waals surface area contributed by atoms with Gasteiger partial charge in [-0.05, 0) is 192 Å². The number of aliphatic hydroxyl groups is 2. The Hall–Kier alpha value is -6.89. The van der Waals surface area contributed by atoms with Crippen LogP contribution in [0.25, 0.3) is 0 Å². The molecule has 2 saturated heterocycles. The summed E-state index contributed by atoms with van der Waals surface area (Å²) in [6, 6.07) is 34.5. The summed E-state index contributed by atoms with van der Waals surface area (Å²) in [6.07, 6.45) is 2.07. The molecule has 6 atom stereocenters. The lowest BCUT2D eigenvalue weighted by Gasteiger charge is -2.19. The Balaban J connectivity index is 0.000000256. The normalized spacial score (nSPS) is 14.9. The van der Waals surface area contributed by atoms with E-state index < -0.39 is 12.2 Å². The molecular formula is C58H67Cl9N18O8. The SMILES string of the molecule is CC[C@@H](CO)Nc1nc(Cl)nc(Cl)n1.CC[C@H](N)CO.CC[C@H]1COC(=O)N1c1nc(Cl)nc(Cl)n1.CC[C@H]1COC(=O)N1c1nc(Cl)nc(N[C@@H](C)c2ccc(Oc3ccccc3)cc2)n1.C[C@H](N)c1ccc(Oc2ccccc2)cc1.Cl.Clc1nc(Cl)nc(Cl)n1. The smallest absolute Gasteiger partial charge is 0.417 e. The van der Waals surface area contributed by atoms with Gasteiger partial charge in [-0.1, -0.05) is 88.4 Å². The maximum Gasteiger partial charge on any atom is 0.417 e. The van der Waals surface area contributed by atoms with Gasteiger partial charge in [-0.3, -0.25) is 0 Å². The van der Waals surface area contributed by atoms with Crippen LogP contribution in [0.1, 0.15) is 90.4 Å². The molecule has 8 aromatic rings. The van der Waals surface area contributed by atoms with E-state index in [1.807, 2.05) is 151 Å². The molecule has 0 aliphatic carbocycles. The molecule has 4 aromatic heterocycles. The van der Waals surface area contributed by atoms with E-state index in [1.165, 1.54) is 9.80 Å². The molecule has 0 unspecified atom stereocenters. The van der Waals surface area contributed by atoms with Gasteiger partial charge >= 0.3 is 12.2 Å². The number of cyclic esters (lactones) is 2. The Kier molecular flexibility index (Phi) is 34.7. The number of aromatic nitrogens is 12. The number of nitrogens with zero attached hydrogens (tertiary/aromatic N) is 14. The lowest BCUT2D eigenvalue weighted by Crippen LogP contribution is -2.34. The Morgan fingerprint density at radius 2 is 0.828 bits per heavy atom. The van der Waals surface area contributed by atoms with Crippen molar-refractivity contribution in [2.45, 2.75) is 103 Å². The van der Waals surface area contributed by atoms with Crippen molar-refractivity contribution in [1.82, 2.24) is 59.8 Å². The number of amides is 2. The van der Waals surface area contributed by atoms with E-state index in [9.17, 15) is 9.59 Å². The van der Waals surface area contributed by atoms with Crippen LogP contribution in [0.15, 0.2) is 109 Å². The van der Waals surface area contributed by atoms with Gasteiger partial charge in [-0.2, -0.15) is 59.8 Å². The second-order valence-corrected chi connectivity index (χ2v) is 21.9. The van der Waals surface area contributed by atoms with E-state index in [0.717, 1.165) is 53.4 Å². The highest BCUT2D eigenvalue weighted by Gasteiger charge is 2.37. The maximum atomic E-state index is 12.1. The van der Waals surface area contributed by atoms with Crippen molar-refractivity contribution in [2.75, 3.05) is 46.9 Å². The second-order valence-electron chi connectivity index (χ2n) is 19.2. The topological polar surface area (TPSA) is 349 Å². The number of nitrogens with one attached hydrogen (secondary N) is 2. The monoisotopic (exact) mass is 1460 g/mol. The van der Waals surface area contributed by atoms with E-state index in [-0.39, 0.29) is 128 Å². The third-order valence-electron chi connectivity index (χ3n) is 12.5. The van der Waals surface area contributed by atoms with E-state index in [4.69, 9.17) is 133 Å². The van der Waals surface area contributed by atoms with E-state index in [1.54, 1.807) is 0 Å². The lowest BCUT2D eigenvalue weighted by atomic mass is 10.1. The summed E-state index contributed by atoms with van der Waals surface area (Å²) in [5.41, 5.74) is 13.1. The number of para-hydroxylation sites is 2. The van der Waals surface area contributed by atoms with Crippen molar-refractivity contribution in [3.8, 4) is 23.0 Å². The lowest BCUT2D eigenvalue weighted by molar-refractivity contribution is 0.177. The van der Waals surface area contributed by atoms with E-state index in [0.29, 0.717) is 19.6 Å². The first-order chi connectivity index (χ1) is 44.0. The summed E-state index contributed by atoms with van der Waals surface area (Å²) < 4.78 is 21.5. The number of halogens is 9. The van der Waals surface area contributed by atoms with Gasteiger partial charge in [0.25, 0.3) is 0 Å². The first-order valence-electron chi connectivity index (χ1n) is 28.2. The number of hydrogen-bond donors (Lipinski definition) is 6. The molecule has 2 aliphatic rings. The largest absolute Gasteiger partial charge is 0.457 e. The van der Waals surface area contributed by atoms with Crippen LogP contribution in [0.3, 0.4) is 0 Å². The van der Waals surface area contributed by atoms with Crippen LogP contribution < -0.4 is 41.4 Å². The molecule has 500 valence electrons. The zero-order valence-electron chi connectivity index (χ0n) is 50.7. The van der Waals surface area contributed by atoms with Gasteiger partial charge in [0.2, 0.25) is 66.1 Å². The Labute approximate surface area is 583 Å². The van der Waals surface area contributed by atoms with Crippen LogP contribution in [0, 0.1) is 0 Å². The summed E-state index contributed by atoms with van der Waals surface area (Å²) in [6.45, 7) is 12.4. The molecule has 35 heteroatoms. The maximum absolute atomic E-state index is 12.1. The van der Waals surface area contributed by atoms with Crippen LogP contribution in [0.2, 0.25) is 42.3 Å². The average Bonchev–Trinajstić information content (AvgIpc) is 3.95. The highest BCUT2D eigenvalue weighted by Crippen LogP contribution is 2.29. The molecule has 2 amide bonds. The standard InChI is InChI=1S/C22H22ClN5O3.C14H15NO.C8H8Cl2N4O2.C7H10Cl2N4O.C4H11NO.C3Cl3N3.ClH/c1-3-16-13-30-22(29)28(16)21-26-19(23)25-20(27-21)24-14(2)15-9-11-18(12-10-15)31-17-7-5-4-6-8-17;1-11(15)12-7-9-14(10-8-12)16-13-5-3-2-4-6-13;1-2-4-3-16-8(15)14(4)7-12-5(9)11-6(10)13-7;1-2-4(3-14)10-7-12-5(8)11-6(9)13-7;1-2-4(5)3-6;4-1-7-2(5)9-3(6)8-1;/h4-12,14,16H,3,13H2,1-2H3,(H,24,25,26,27);2-11H,15H2,1H3;4H,2-3H2,1H3;4,14H,2-3H2,1H3,(H,10,11,12,13);4,6H,2-3,5H2,1H3;;1H/t14-,16-;11-;3*4-;;/m00000../s1. The van der Waals surface area contributed by atoms with Gasteiger partial charge in [0.1, 0.15) is 36.2 Å². The van der Waals surface area contributed by atoms with E-state index >= 15 is 0 Å². The molecule has 10 rings (SSSR count). The minimum Gasteiger partial charge on any atom is -0.457 e. The van der Waals surface area contributed by atoms with Crippen molar-refractivity contribution in [3.05, 3.63) is 163 Å². The zero-order chi connectivity index (χ0) is 67.3. The zero-order valence-corrected chi connectivity index (χ0v) is 57.6. The number of ether oxygens (including phenoxy) is 4. The molecule has 0 spiro atoms. The van der Waals surface area contributed by atoms with Crippen LogP contribution in [0.4, 0.5) is 33.4 Å². The molecule has 0 radical (unpaired) electrons. The van der Waals surface area contributed by atoms with Gasteiger partial charge in [0.05, 0.1) is 37.4 Å². The minimum absolute atomic E-state index is 0. The molecule has 0 saturated carbocycles. The quantitative estimate of drug-likeness (QED) is 0.0465. The molecule has 93 heavy (non-hydrogen) atoms. The summed E-state index contributed by atoms with van der Waals surface area (Å²) in [5, 5.41) is 23.2. The van der Waals surface area contributed by atoms with Gasteiger partial charge in [-0.25, -0.2) is 19.4 Å². The number of hydrogen-bond acceptors (Lipinski definition) is 24. The van der Waals surface area contributed by atoms with Crippen molar-refractivity contribution in [2.24, 2.45) is 11.5 Å². The summed E-state index contributed by atoms with van der Waals surface area (Å²) >= 11 is 44.5. The average molecular weight is 1460 g/mol. The summed E-state index contributed by atoms with van der Waals surface area (Å²) in [4.78, 5) is 71.9. The molecule has 8 N–H and O–H groups in total. The van der Waals surface area contributed by atoms with Gasteiger partial charge in [-0.15, -0.1) is 12.4 Å². The second kappa shape index (κ2) is 41.1. The number of carbonyl (C=O) groups excluding carboxylic acids is 2. The molecule has 2 fully saturated rings. The Bertz CT molecular complexity index is 3450. The van der Waals surface area contributed by atoms with Crippen LogP contribution >= 0.6 is 105 Å². The first-order valence-corrected chi connectivity index (χ1v) is 31.2. The van der Waals surface area contributed by atoms with Crippen molar-refractivity contribution < 1.29 is 38.7 Å². The van der Waals surface area contributed by atoms with Crippen LogP contribution in [-0.4, -0.2) is 133 Å². The third-order valence-corrected chi connectivity index (χ3v) is 13.8. The van der Waals surface area contributed by atoms with E-state index in [2.05, 4.69) is 70.4 Å². The molecule has 0 bridgehead atoms. The predicted octanol–water partition coefficient (Wildman–Crippen LogP) is 14.0.